The molecule has 3 heterocycles. The molecular weight excluding hydrogens is 587 g/mol. The first-order valence-electron chi connectivity index (χ1n) is 15.6. The van der Waals surface area contributed by atoms with E-state index in [0.29, 0.717) is 19.4 Å². The molecule has 3 fully saturated rings. The monoisotopic (exact) mass is 629 g/mol. The molecular formula is C33H42F3N5O4. The summed E-state index contributed by atoms with van der Waals surface area (Å²) in [5, 5.41) is 5.67. The van der Waals surface area contributed by atoms with Crippen molar-refractivity contribution in [2.24, 2.45) is 0 Å². The Morgan fingerprint density at radius 2 is 1.71 bits per heavy atom. The Kier molecular flexibility index (Phi) is 9.17. The quantitative estimate of drug-likeness (QED) is 0.457. The van der Waals surface area contributed by atoms with E-state index in [0.717, 1.165) is 55.6 Å². The number of ether oxygens (including phenoxy) is 1. The Hall–Kier alpha value is -3.67. The maximum Gasteiger partial charge on any atom is 0.416 e. The smallest absolute Gasteiger partial charge is 0.416 e. The second-order valence-electron chi connectivity index (χ2n) is 13.5. The number of benzene rings is 1. The van der Waals surface area contributed by atoms with Crippen molar-refractivity contribution in [2.75, 3.05) is 19.6 Å². The van der Waals surface area contributed by atoms with Crippen LogP contribution in [0.15, 0.2) is 42.6 Å². The Morgan fingerprint density at radius 3 is 2.36 bits per heavy atom. The van der Waals surface area contributed by atoms with Gasteiger partial charge in [-0.2, -0.15) is 13.2 Å². The van der Waals surface area contributed by atoms with E-state index in [2.05, 4.69) is 20.5 Å². The normalized spacial score (nSPS) is 25.5. The number of aromatic nitrogens is 1. The highest BCUT2D eigenvalue weighted by atomic mass is 19.4. The van der Waals surface area contributed by atoms with Crippen LogP contribution in [0.1, 0.15) is 86.5 Å². The second-order valence-corrected chi connectivity index (χ2v) is 13.5. The number of nitrogens with one attached hydrogen (secondary N) is 2. The maximum atomic E-state index is 13.2. The van der Waals surface area contributed by atoms with E-state index < -0.39 is 34.9 Å². The minimum atomic E-state index is -4.56. The summed E-state index contributed by atoms with van der Waals surface area (Å²) in [4.78, 5) is 47.6. The SMILES string of the molecule is Cc1ccc(C2(NC(=O)OC(C)(C)C)CCC(N3CCC4C3CCN4C(=O)CNC(=O)c3cccc(C(F)(F)F)c3)CC2)nc1. The molecule has 3 aliphatic rings. The lowest BCUT2D eigenvalue weighted by Gasteiger charge is -2.44. The van der Waals surface area contributed by atoms with Crippen LogP contribution in [0.2, 0.25) is 0 Å². The van der Waals surface area contributed by atoms with Gasteiger partial charge in [0.1, 0.15) is 5.60 Å². The molecule has 2 atom stereocenters. The van der Waals surface area contributed by atoms with Crippen molar-refractivity contribution in [1.29, 1.82) is 0 Å². The van der Waals surface area contributed by atoms with Crippen LogP contribution >= 0.6 is 0 Å². The fourth-order valence-corrected chi connectivity index (χ4v) is 7.10. The Balaban J connectivity index is 1.19. The molecule has 45 heavy (non-hydrogen) atoms. The Bertz CT molecular complexity index is 1400. The van der Waals surface area contributed by atoms with Gasteiger partial charge in [-0.25, -0.2) is 4.79 Å². The minimum Gasteiger partial charge on any atom is -0.444 e. The van der Waals surface area contributed by atoms with Gasteiger partial charge in [-0.1, -0.05) is 12.1 Å². The van der Waals surface area contributed by atoms with E-state index in [1.165, 1.54) is 12.1 Å². The van der Waals surface area contributed by atoms with Crippen molar-refractivity contribution in [3.63, 3.8) is 0 Å². The summed E-state index contributed by atoms with van der Waals surface area (Å²) in [6.45, 7) is 8.62. The predicted octanol–water partition coefficient (Wildman–Crippen LogP) is 5.18. The highest BCUT2D eigenvalue weighted by Gasteiger charge is 2.49. The second kappa shape index (κ2) is 12.6. The molecule has 244 valence electrons. The van der Waals surface area contributed by atoms with Crippen molar-refractivity contribution in [3.8, 4) is 0 Å². The number of hydrogen-bond donors (Lipinski definition) is 2. The van der Waals surface area contributed by atoms with Gasteiger partial charge in [-0.05, 0) is 96.0 Å². The van der Waals surface area contributed by atoms with Crippen molar-refractivity contribution < 1.29 is 32.3 Å². The zero-order valence-corrected chi connectivity index (χ0v) is 26.2. The number of carbonyl (C=O) groups is 3. The fourth-order valence-electron chi connectivity index (χ4n) is 7.10. The minimum absolute atomic E-state index is 0.0216. The molecule has 1 aromatic carbocycles. The Morgan fingerprint density at radius 1 is 1.00 bits per heavy atom. The number of amides is 3. The Labute approximate surface area is 261 Å². The van der Waals surface area contributed by atoms with Gasteiger partial charge in [-0.15, -0.1) is 0 Å². The third kappa shape index (κ3) is 7.43. The largest absolute Gasteiger partial charge is 0.444 e. The zero-order chi connectivity index (χ0) is 32.6. The summed E-state index contributed by atoms with van der Waals surface area (Å²) in [5.41, 5.74) is -0.452. The summed E-state index contributed by atoms with van der Waals surface area (Å²) in [5.74, 6) is -0.952. The van der Waals surface area contributed by atoms with E-state index in [1.807, 2.05) is 50.9 Å². The number of hydrogen-bond acceptors (Lipinski definition) is 6. The van der Waals surface area contributed by atoms with E-state index in [4.69, 9.17) is 4.74 Å². The molecule has 12 heteroatoms. The van der Waals surface area contributed by atoms with Crippen LogP contribution in [0, 0.1) is 6.92 Å². The van der Waals surface area contributed by atoms with Crippen LogP contribution in [-0.2, 0) is 21.2 Å². The number of nitrogens with zero attached hydrogens (tertiary/aromatic N) is 3. The summed E-state index contributed by atoms with van der Waals surface area (Å²) < 4.78 is 44.8. The summed E-state index contributed by atoms with van der Waals surface area (Å²) in [7, 11) is 0. The van der Waals surface area contributed by atoms with E-state index in [9.17, 15) is 27.6 Å². The first-order valence-corrected chi connectivity index (χ1v) is 15.6. The molecule has 0 bridgehead atoms. The first kappa shape index (κ1) is 32.7. The van der Waals surface area contributed by atoms with Gasteiger partial charge >= 0.3 is 12.3 Å². The van der Waals surface area contributed by atoms with E-state index in [1.54, 1.807) is 0 Å². The molecule has 1 saturated carbocycles. The van der Waals surface area contributed by atoms with Gasteiger partial charge in [0.05, 0.1) is 23.3 Å². The van der Waals surface area contributed by atoms with Crippen LogP contribution < -0.4 is 10.6 Å². The summed E-state index contributed by atoms with van der Waals surface area (Å²) >= 11 is 0. The highest BCUT2D eigenvalue weighted by molar-refractivity contribution is 5.96. The predicted molar refractivity (Wildman–Crippen MR) is 161 cm³/mol. The van der Waals surface area contributed by atoms with Gasteiger partial charge in [0, 0.05) is 43.0 Å². The zero-order valence-electron chi connectivity index (χ0n) is 26.2. The lowest BCUT2D eigenvalue weighted by molar-refractivity contribution is -0.137. The van der Waals surface area contributed by atoms with Gasteiger partial charge in [0.15, 0.2) is 0 Å². The fraction of sp³-hybridized carbons (Fsp3) is 0.576. The number of aryl methyl sites for hydroxylation is 1. The lowest BCUT2D eigenvalue weighted by atomic mass is 9.76. The van der Waals surface area contributed by atoms with Crippen LogP contribution in [0.3, 0.4) is 0 Å². The molecule has 0 spiro atoms. The van der Waals surface area contributed by atoms with Crippen molar-refractivity contribution >= 4 is 17.9 Å². The molecule has 1 aromatic heterocycles. The summed E-state index contributed by atoms with van der Waals surface area (Å²) in [6.07, 6.45) is 1.51. The average Bonchev–Trinajstić information content (AvgIpc) is 3.58. The molecule has 2 saturated heterocycles. The first-order chi connectivity index (χ1) is 21.1. The van der Waals surface area contributed by atoms with Crippen LogP contribution in [0.25, 0.3) is 0 Å². The third-order valence-electron chi connectivity index (χ3n) is 9.21. The molecule has 2 aliphatic heterocycles. The molecule has 0 radical (unpaired) electrons. The molecule has 5 rings (SSSR count). The van der Waals surface area contributed by atoms with Crippen molar-refractivity contribution in [2.45, 2.75) is 102 Å². The van der Waals surface area contributed by atoms with Crippen molar-refractivity contribution in [1.82, 2.24) is 25.4 Å². The third-order valence-corrected chi connectivity index (χ3v) is 9.21. The molecule has 9 nitrogen and oxygen atoms in total. The molecule has 3 amide bonds. The number of pyridine rings is 1. The number of alkyl carbamates (subject to hydrolysis) is 1. The molecule has 1 aliphatic carbocycles. The van der Waals surface area contributed by atoms with Crippen molar-refractivity contribution in [3.05, 3.63) is 65.0 Å². The highest BCUT2D eigenvalue weighted by Crippen LogP contribution is 2.42. The average molecular weight is 630 g/mol. The number of carbonyl (C=O) groups excluding carboxylic acids is 3. The maximum absolute atomic E-state index is 13.2. The van der Waals surface area contributed by atoms with Gasteiger partial charge in [0.25, 0.3) is 5.91 Å². The molecule has 2 N–H and O–H groups in total. The van der Waals surface area contributed by atoms with Crippen LogP contribution in [0.4, 0.5) is 18.0 Å². The number of halogens is 3. The number of likely N-dealkylation sites (tertiary alicyclic amines) is 2. The van der Waals surface area contributed by atoms with Crippen LogP contribution in [0.5, 0.6) is 0 Å². The van der Waals surface area contributed by atoms with Crippen LogP contribution in [-0.4, -0.2) is 76.1 Å². The van der Waals surface area contributed by atoms with Gasteiger partial charge < -0.3 is 20.3 Å². The van der Waals surface area contributed by atoms with E-state index >= 15 is 0 Å². The van der Waals surface area contributed by atoms with Gasteiger partial charge in [-0.3, -0.25) is 19.5 Å². The number of alkyl halides is 3. The summed E-state index contributed by atoms with van der Waals surface area (Å²) in [6, 6.07) is 8.66. The lowest BCUT2D eigenvalue weighted by Crippen LogP contribution is -2.53. The topological polar surface area (TPSA) is 104 Å². The van der Waals surface area contributed by atoms with E-state index in [-0.39, 0.29) is 36.1 Å². The van der Waals surface area contributed by atoms with Gasteiger partial charge in [0.2, 0.25) is 5.91 Å². The molecule has 2 unspecified atom stereocenters. The standard InChI is InChI=1S/C33H42F3N5O4/c1-21-8-9-27(37-19-21)32(39-30(44)45-31(2,3)4)14-10-24(11-15-32)40-16-12-26-25(40)13-17-41(26)28(42)20-38-29(43)22-6-5-7-23(18-22)33(34,35)36/h5-9,18-19,24-26H,10-17,20H2,1-4H3,(H,38,43)(H,39,44). The number of rotatable bonds is 6. The molecule has 2 aromatic rings. The number of fused-ring (bicyclic) bond motifs is 1.